The summed E-state index contributed by atoms with van der Waals surface area (Å²) >= 11 is 0. The van der Waals surface area contributed by atoms with Crippen LogP contribution in [0.1, 0.15) is 25.7 Å². The van der Waals surface area contributed by atoms with Crippen LogP contribution in [0.2, 0.25) is 0 Å². The van der Waals surface area contributed by atoms with Gasteiger partial charge in [-0.05, 0) is 25.7 Å². The lowest BCUT2D eigenvalue weighted by atomic mass is 9.97. The van der Waals surface area contributed by atoms with Crippen molar-refractivity contribution < 1.29 is 5.11 Å². The number of piperidine rings is 1. The molecule has 10 heavy (non-hydrogen) atoms. The van der Waals surface area contributed by atoms with Crippen LogP contribution in [0.5, 0.6) is 0 Å². The quantitative estimate of drug-likeness (QED) is 0.477. The number of rotatable bonds is 0. The lowest BCUT2D eigenvalue weighted by molar-refractivity contribution is 0.0777. The van der Waals surface area contributed by atoms with Gasteiger partial charge in [0.1, 0.15) is 0 Å². The van der Waals surface area contributed by atoms with Gasteiger partial charge in [0.2, 0.25) is 0 Å². The Bertz CT molecular complexity index is 128. The van der Waals surface area contributed by atoms with Crippen molar-refractivity contribution in [2.75, 3.05) is 0 Å². The molecule has 3 atom stereocenters. The van der Waals surface area contributed by atoms with Crippen LogP contribution in [0.25, 0.3) is 0 Å². The molecule has 2 bridgehead atoms. The highest BCUT2D eigenvalue weighted by molar-refractivity contribution is 6.05. The number of fused-ring (bicyclic) bond motifs is 2. The molecule has 1 N–H and O–H groups in total. The maximum Gasteiger partial charge on any atom is 0.183 e. The zero-order valence-electron chi connectivity index (χ0n) is 6.03. The van der Waals surface area contributed by atoms with Crippen molar-refractivity contribution in [3.05, 3.63) is 0 Å². The molecule has 0 aromatic rings. The SMILES string of the molecule is [B]N1[C@@H]2CC[C@H]1CC(O)C2. The molecule has 2 aliphatic heterocycles. The molecule has 2 nitrogen and oxygen atoms in total. The Hall–Kier alpha value is -0.0151. The Morgan fingerprint density at radius 1 is 1.20 bits per heavy atom. The van der Waals surface area contributed by atoms with Crippen molar-refractivity contribution in [3.63, 3.8) is 0 Å². The summed E-state index contributed by atoms with van der Waals surface area (Å²) in [7, 11) is 5.77. The zero-order valence-corrected chi connectivity index (χ0v) is 6.03. The lowest BCUT2D eigenvalue weighted by Crippen LogP contribution is -2.42. The van der Waals surface area contributed by atoms with Gasteiger partial charge in [0.05, 0.1) is 6.10 Å². The summed E-state index contributed by atoms with van der Waals surface area (Å²) in [6.07, 6.45) is 4.04. The van der Waals surface area contributed by atoms with E-state index in [0.717, 1.165) is 12.8 Å². The molecular weight excluding hydrogens is 125 g/mol. The molecule has 54 valence electrons. The minimum absolute atomic E-state index is 0.0858. The molecular formula is C7H12BNO. The maximum absolute atomic E-state index is 9.33. The Kier molecular flexibility index (Phi) is 1.50. The van der Waals surface area contributed by atoms with Crippen LogP contribution in [-0.4, -0.2) is 36.1 Å². The van der Waals surface area contributed by atoms with Crippen LogP contribution in [0.4, 0.5) is 0 Å². The van der Waals surface area contributed by atoms with Gasteiger partial charge in [-0.25, -0.2) is 0 Å². The number of nitrogens with zero attached hydrogens (tertiary/aromatic N) is 1. The predicted molar refractivity (Wildman–Crippen MR) is 39.6 cm³/mol. The lowest BCUT2D eigenvalue weighted by Gasteiger charge is -2.34. The van der Waals surface area contributed by atoms with Gasteiger partial charge in [-0.15, -0.1) is 0 Å². The second-order valence-electron chi connectivity index (χ2n) is 3.46. The third-order valence-corrected chi connectivity index (χ3v) is 2.76. The largest absolute Gasteiger partial charge is 0.393 e. The van der Waals surface area contributed by atoms with Crippen molar-refractivity contribution in [1.29, 1.82) is 0 Å². The van der Waals surface area contributed by atoms with E-state index in [1.54, 1.807) is 0 Å². The van der Waals surface area contributed by atoms with E-state index in [1.807, 2.05) is 4.81 Å². The van der Waals surface area contributed by atoms with Crippen LogP contribution in [0, 0.1) is 0 Å². The van der Waals surface area contributed by atoms with Crippen LogP contribution in [0.3, 0.4) is 0 Å². The second kappa shape index (κ2) is 2.24. The second-order valence-corrected chi connectivity index (χ2v) is 3.46. The average Bonchev–Trinajstić information content (AvgIpc) is 2.20. The van der Waals surface area contributed by atoms with Gasteiger partial charge in [-0.1, -0.05) is 0 Å². The van der Waals surface area contributed by atoms with Crippen molar-refractivity contribution in [3.8, 4) is 0 Å². The molecule has 2 radical (unpaired) electrons. The van der Waals surface area contributed by atoms with E-state index >= 15 is 0 Å². The highest BCUT2D eigenvalue weighted by atomic mass is 16.3. The Balaban J connectivity index is 2.09. The summed E-state index contributed by atoms with van der Waals surface area (Å²) in [5.74, 6) is 0. The molecule has 3 heteroatoms. The van der Waals surface area contributed by atoms with E-state index < -0.39 is 0 Å². The number of aliphatic hydroxyl groups is 1. The monoisotopic (exact) mass is 137 g/mol. The van der Waals surface area contributed by atoms with E-state index in [4.69, 9.17) is 7.98 Å². The number of aliphatic hydroxyl groups excluding tert-OH is 1. The normalized spacial score (nSPS) is 47.9. The fourth-order valence-electron chi connectivity index (χ4n) is 2.18. The van der Waals surface area contributed by atoms with Gasteiger partial charge < -0.3 is 9.92 Å². The molecule has 0 aliphatic carbocycles. The highest BCUT2D eigenvalue weighted by Crippen LogP contribution is 2.33. The third kappa shape index (κ3) is 0.885. The number of hydrogen-bond donors (Lipinski definition) is 1. The van der Waals surface area contributed by atoms with Crippen LogP contribution in [-0.2, 0) is 0 Å². The minimum Gasteiger partial charge on any atom is -0.393 e. The van der Waals surface area contributed by atoms with Crippen LogP contribution in [0.15, 0.2) is 0 Å². The average molecular weight is 137 g/mol. The van der Waals surface area contributed by atoms with E-state index in [0.29, 0.717) is 12.1 Å². The Morgan fingerprint density at radius 2 is 1.70 bits per heavy atom. The van der Waals surface area contributed by atoms with Crippen molar-refractivity contribution in [2.24, 2.45) is 0 Å². The van der Waals surface area contributed by atoms with Gasteiger partial charge in [-0.3, -0.25) is 0 Å². The van der Waals surface area contributed by atoms with Gasteiger partial charge in [0, 0.05) is 12.1 Å². The molecule has 1 unspecified atom stereocenters. The molecule has 2 rings (SSSR count). The van der Waals surface area contributed by atoms with E-state index in [-0.39, 0.29) is 6.10 Å². The molecule has 0 spiro atoms. The zero-order chi connectivity index (χ0) is 7.14. The summed E-state index contributed by atoms with van der Waals surface area (Å²) in [6.45, 7) is 0. The topological polar surface area (TPSA) is 23.5 Å². The standard InChI is InChI=1S/C7H12BNO/c8-9-5-1-2-6(9)4-7(10)3-5/h5-7,10H,1-4H2/t5-,6+,7?. The molecule has 0 amide bonds. The first-order chi connectivity index (χ1) is 4.77. The maximum atomic E-state index is 9.33. The smallest absolute Gasteiger partial charge is 0.183 e. The molecule has 0 aromatic heterocycles. The Labute approximate surface area is 62.6 Å². The molecule has 0 saturated carbocycles. The molecule has 2 fully saturated rings. The van der Waals surface area contributed by atoms with Crippen molar-refractivity contribution in [2.45, 2.75) is 43.9 Å². The van der Waals surface area contributed by atoms with Crippen LogP contribution < -0.4 is 0 Å². The van der Waals surface area contributed by atoms with E-state index in [9.17, 15) is 5.11 Å². The number of hydrogen-bond acceptors (Lipinski definition) is 2. The van der Waals surface area contributed by atoms with Crippen molar-refractivity contribution in [1.82, 2.24) is 4.81 Å². The molecule has 2 heterocycles. The van der Waals surface area contributed by atoms with Crippen molar-refractivity contribution >= 4 is 7.98 Å². The molecule has 2 saturated heterocycles. The summed E-state index contributed by atoms with van der Waals surface area (Å²) in [4.78, 5) is 1.94. The fourth-order valence-corrected chi connectivity index (χ4v) is 2.18. The summed E-state index contributed by atoms with van der Waals surface area (Å²) < 4.78 is 0. The highest BCUT2D eigenvalue weighted by Gasteiger charge is 2.36. The molecule has 0 aromatic carbocycles. The van der Waals surface area contributed by atoms with Crippen LogP contribution >= 0.6 is 0 Å². The fraction of sp³-hybridized carbons (Fsp3) is 1.00. The first kappa shape index (κ1) is 6.68. The minimum atomic E-state index is -0.0858. The Morgan fingerprint density at radius 3 is 2.20 bits per heavy atom. The summed E-state index contributed by atoms with van der Waals surface area (Å²) in [5.41, 5.74) is 0. The summed E-state index contributed by atoms with van der Waals surface area (Å²) in [5, 5.41) is 9.33. The van der Waals surface area contributed by atoms with Gasteiger partial charge >= 0.3 is 0 Å². The first-order valence-electron chi connectivity index (χ1n) is 3.98. The van der Waals surface area contributed by atoms with Gasteiger partial charge in [0.15, 0.2) is 7.98 Å². The molecule has 2 aliphatic rings. The first-order valence-corrected chi connectivity index (χ1v) is 3.98. The predicted octanol–water partition coefficient (Wildman–Crippen LogP) is 0.0576. The third-order valence-electron chi connectivity index (χ3n) is 2.76. The van der Waals surface area contributed by atoms with E-state index in [1.165, 1.54) is 12.8 Å². The summed E-state index contributed by atoms with van der Waals surface area (Å²) in [6, 6.07) is 0.933. The van der Waals surface area contributed by atoms with E-state index in [2.05, 4.69) is 0 Å². The van der Waals surface area contributed by atoms with Gasteiger partial charge in [-0.2, -0.15) is 0 Å². The van der Waals surface area contributed by atoms with Gasteiger partial charge in [0.25, 0.3) is 0 Å².